The summed E-state index contributed by atoms with van der Waals surface area (Å²) >= 11 is 0. The fourth-order valence-electron chi connectivity index (χ4n) is 2.36. The second-order valence-corrected chi connectivity index (χ2v) is 5.05. The number of oxazole rings is 1. The molecule has 116 valence electrons. The molecule has 4 rings (SSSR count). The lowest BCUT2D eigenvalue weighted by atomic mass is 10.1. The zero-order valence-electron chi connectivity index (χ0n) is 12.3. The summed E-state index contributed by atoms with van der Waals surface area (Å²) in [5, 5.41) is 4.17. The molecule has 0 unspecified atom stereocenters. The van der Waals surface area contributed by atoms with Gasteiger partial charge in [-0.2, -0.15) is 5.10 Å². The van der Waals surface area contributed by atoms with Gasteiger partial charge in [0, 0.05) is 30.6 Å². The van der Waals surface area contributed by atoms with Gasteiger partial charge in [-0.3, -0.25) is 4.68 Å². The third-order valence-electron chi connectivity index (χ3n) is 3.48. The van der Waals surface area contributed by atoms with Gasteiger partial charge >= 0.3 is 0 Å². The number of pyridine rings is 1. The molecule has 23 heavy (non-hydrogen) atoms. The molecule has 0 aliphatic rings. The minimum absolute atomic E-state index is 0. The molecule has 0 radical (unpaired) electrons. The molecule has 6 nitrogen and oxygen atoms in total. The van der Waals surface area contributed by atoms with Crippen molar-refractivity contribution in [2.75, 3.05) is 5.73 Å². The van der Waals surface area contributed by atoms with Crippen LogP contribution in [0.1, 0.15) is 0 Å². The maximum Gasteiger partial charge on any atom is 0.231 e. The van der Waals surface area contributed by atoms with Crippen LogP contribution in [0, 0.1) is 0 Å². The SMILES string of the molecule is Cl.Cn1cc(-c2cnc(N)c(-c3nc4ccccc4o3)c2)cn1. The summed E-state index contributed by atoms with van der Waals surface area (Å²) in [5.74, 6) is 0.858. The Morgan fingerprint density at radius 2 is 1.96 bits per heavy atom. The van der Waals surface area contributed by atoms with E-state index in [0.29, 0.717) is 17.3 Å². The van der Waals surface area contributed by atoms with Crippen molar-refractivity contribution in [3.05, 3.63) is 48.9 Å². The van der Waals surface area contributed by atoms with Crippen molar-refractivity contribution in [3.8, 4) is 22.6 Å². The molecule has 1 aromatic carbocycles. The van der Waals surface area contributed by atoms with Crippen LogP contribution < -0.4 is 5.73 Å². The van der Waals surface area contributed by atoms with Crippen molar-refractivity contribution in [3.63, 3.8) is 0 Å². The standard InChI is InChI=1S/C16H13N5O.ClH/c1-21-9-11(8-19-21)10-6-12(15(17)18-7-10)16-20-13-4-2-3-5-14(13)22-16;/h2-9H,1H3,(H2,17,18);1H. The van der Waals surface area contributed by atoms with Crippen LogP contribution >= 0.6 is 12.4 Å². The number of para-hydroxylation sites is 2. The maximum atomic E-state index is 5.99. The number of halogens is 1. The van der Waals surface area contributed by atoms with Crippen molar-refractivity contribution >= 4 is 29.3 Å². The average molecular weight is 328 g/mol. The molecule has 3 aromatic heterocycles. The van der Waals surface area contributed by atoms with E-state index in [1.807, 2.05) is 43.6 Å². The number of hydrogen-bond donors (Lipinski definition) is 1. The van der Waals surface area contributed by atoms with Gasteiger partial charge in [-0.25, -0.2) is 9.97 Å². The highest BCUT2D eigenvalue weighted by atomic mass is 35.5. The zero-order valence-corrected chi connectivity index (χ0v) is 13.1. The van der Waals surface area contributed by atoms with Crippen LogP contribution in [0.15, 0.2) is 53.3 Å². The molecule has 0 atom stereocenters. The molecule has 0 aliphatic heterocycles. The molecule has 0 saturated carbocycles. The lowest BCUT2D eigenvalue weighted by molar-refractivity contribution is 0.620. The van der Waals surface area contributed by atoms with E-state index in [1.165, 1.54) is 0 Å². The Balaban J connectivity index is 0.00000156. The molecule has 0 saturated heterocycles. The number of nitrogens with two attached hydrogens (primary N) is 1. The normalized spacial score (nSPS) is 10.7. The maximum absolute atomic E-state index is 5.99. The van der Waals surface area contributed by atoms with Crippen LogP contribution in [0.25, 0.3) is 33.7 Å². The summed E-state index contributed by atoms with van der Waals surface area (Å²) in [6.07, 6.45) is 5.42. The van der Waals surface area contributed by atoms with Gasteiger partial charge in [0.25, 0.3) is 0 Å². The average Bonchev–Trinajstić information content (AvgIpc) is 3.13. The molecule has 3 heterocycles. The number of hydrogen-bond acceptors (Lipinski definition) is 5. The van der Waals surface area contributed by atoms with E-state index in [4.69, 9.17) is 10.2 Å². The van der Waals surface area contributed by atoms with Crippen molar-refractivity contribution in [1.29, 1.82) is 0 Å². The second kappa shape index (κ2) is 5.73. The van der Waals surface area contributed by atoms with Crippen LogP contribution in [0.3, 0.4) is 0 Å². The highest BCUT2D eigenvalue weighted by molar-refractivity contribution is 5.85. The predicted molar refractivity (Wildman–Crippen MR) is 91.1 cm³/mol. The van der Waals surface area contributed by atoms with Gasteiger partial charge in [0.05, 0.1) is 11.8 Å². The van der Waals surface area contributed by atoms with Gasteiger partial charge in [0.2, 0.25) is 5.89 Å². The predicted octanol–water partition coefficient (Wildman–Crippen LogP) is 3.29. The van der Waals surface area contributed by atoms with E-state index in [-0.39, 0.29) is 12.4 Å². The molecule has 0 amide bonds. The largest absolute Gasteiger partial charge is 0.436 e. The van der Waals surface area contributed by atoms with Crippen LogP contribution in [-0.4, -0.2) is 19.7 Å². The van der Waals surface area contributed by atoms with Gasteiger partial charge in [0.15, 0.2) is 5.58 Å². The van der Waals surface area contributed by atoms with Gasteiger partial charge in [-0.15, -0.1) is 12.4 Å². The summed E-state index contributed by atoms with van der Waals surface area (Å²) in [6, 6.07) is 9.52. The Hall–Kier alpha value is -2.86. The number of aromatic nitrogens is 4. The topological polar surface area (TPSA) is 82.8 Å². The summed E-state index contributed by atoms with van der Waals surface area (Å²) < 4.78 is 7.52. The Labute approximate surface area is 138 Å². The Morgan fingerprint density at radius 1 is 1.13 bits per heavy atom. The Kier molecular flexibility index (Phi) is 3.75. The number of rotatable bonds is 2. The van der Waals surface area contributed by atoms with E-state index in [9.17, 15) is 0 Å². The first-order valence-electron chi connectivity index (χ1n) is 6.81. The molecule has 2 N–H and O–H groups in total. The number of benzene rings is 1. The third kappa shape index (κ3) is 2.64. The Morgan fingerprint density at radius 3 is 2.70 bits per heavy atom. The van der Waals surface area contributed by atoms with Crippen LogP contribution in [0.5, 0.6) is 0 Å². The summed E-state index contributed by atoms with van der Waals surface area (Å²) in [7, 11) is 1.87. The van der Waals surface area contributed by atoms with Crippen molar-refractivity contribution in [1.82, 2.24) is 19.7 Å². The molecular weight excluding hydrogens is 314 g/mol. The summed E-state index contributed by atoms with van der Waals surface area (Å²) in [6.45, 7) is 0. The summed E-state index contributed by atoms with van der Waals surface area (Å²) in [5.41, 5.74) is 10.1. The number of nitrogen functional groups attached to an aromatic ring is 1. The van der Waals surface area contributed by atoms with Crippen molar-refractivity contribution in [2.45, 2.75) is 0 Å². The molecule has 0 bridgehead atoms. The van der Waals surface area contributed by atoms with Crippen LogP contribution in [0.4, 0.5) is 5.82 Å². The fraction of sp³-hybridized carbons (Fsp3) is 0.0625. The smallest absolute Gasteiger partial charge is 0.231 e. The number of fused-ring (bicyclic) bond motifs is 1. The molecule has 0 spiro atoms. The third-order valence-corrected chi connectivity index (χ3v) is 3.48. The molecule has 4 aromatic rings. The van der Waals surface area contributed by atoms with E-state index < -0.39 is 0 Å². The van der Waals surface area contributed by atoms with E-state index >= 15 is 0 Å². The molecule has 0 fully saturated rings. The molecular formula is C16H14ClN5O. The van der Waals surface area contributed by atoms with Crippen LogP contribution in [-0.2, 0) is 7.05 Å². The first kappa shape index (κ1) is 15.1. The number of anilines is 1. The highest BCUT2D eigenvalue weighted by Gasteiger charge is 2.14. The monoisotopic (exact) mass is 327 g/mol. The lowest BCUT2D eigenvalue weighted by Crippen LogP contribution is -1.95. The number of aryl methyl sites for hydroxylation is 1. The minimum Gasteiger partial charge on any atom is -0.436 e. The molecule has 0 aliphatic carbocycles. The fourth-order valence-corrected chi connectivity index (χ4v) is 2.36. The zero-order chi connectivity index (χ0) is 15.1. The van der Waals surface area contributed by atoms with Gasteiger partial charge in [-0.05, 0) is 18.2 Å². The Bertz CT molecular complexity index is 942. The van der Waals surface area contributed by atoms with Crippen molar-refractivity contribution < 1.29 is 4.42 Å². The van der Waals surface area contributed by atoms with Crippen LogP contribution in [0.2, 0.25) is 0 Å². The van der Waals surface area contributed by atoms with Gasteiger partial charge in [-0.1, -0.05) is 12.1 Å². The highest BCUT2D eigenvalue weighted by Crippen LogP contribution is 2.30. The first-order chi connectivity index (χ1) is 10.7. The molecule has 7 heteroatoms. The van der Waals surface area contributed by atoms with E-state index in [1.54, 1.807) is 17.1 Å². The van der Waals surface area contributed by atoms with Gasteiger partial charge < -0.3 is 10.2 Å². The minimum atomic E-state index is 0. The second-order valence-electron chi connectivity index (χ2n) is 5.05. The van der Waals surface area contributed by atoms with Gasteiger partial charge in [0.1, 0.15) is 11.3 Å². The van der Waals surface area contributed by atoms with E-state index in [2.05, 4.69) is 15.1 Å². The first-order valence-corrected chi connectivity index (χ1v) is 6.81. The number of nitrogens with zero attached hydrogens (tertiary/aromatic N) is 4. The van der Waals surface area contributed by atoms with E-state index in [0.717, 1.165) is 22.2 Å². The lowest BCUT2D eigenvalue weighted by Gasteiger charge is -2.03. The quantitative estimate of drug-likeness (QED) is 0.610. The summed E-state index contributed by atoms with van der Waals surface area (Å²) in [4.78, 5) is 8.73. The van der Waals surface area contributed by atoms with Crippen molar-refractivity contribution in [2.24, 2.45) is 7.05 Å².